The number of benzene rings is 2. The molecule has 30 heavy (non-hydrogen) atoms. The molecule has 0 atom stereocenters. The number of amides is 2. The van der Waals surface area contributed by atoms with Crippen LogP contribution in [0.3, 0.4) is 0 Å². The quantitative estimate of drug-likeness (QED) is 0.556. The van der Waals surface area contributed by atoms with E-state index in [1.807, 2.05) is 36.4 Å². The molecule has 4 rings (SSSR count). The van der Waals surface area contributed by atoms with Crippen molar-refractivity contribution in [2.75, 3.05) is 28.6 Å². The Kier molecular flexibility index (Phi) is 6.44. The van der Waals surface area contributed by atoms with E-state index in [-0.39, 0.29) is 6.03 Å². The van der Waals surface area contributed by atoms with Gasteiger partial charge in [-0.1, -0.05) is 42.6 Å². The first-order chi connectivity index (χ1) is 14.7. The second-order valence-electron chi connectivity index (χ2n) is 7.35. The molecule has 2 amide bonds. The Morgan fingerprint density at radius 1 is 0.833 bits per heavy atom. The lowest BCUT2D eigenvalue weighted by atomic mass is 10.1. The van der Waals surface area contributed by atoms with Crippen molar-refractivity contribution in [2.24, 2.45) is 0 Å². The average Bonchev–Trinajstić information content (AvgIpc) is 3.04. The molecule has 0 bridgehead atoms. The number of halogens is 1. The molecule has 1 fully saturated rings. The van der Waals surface area contributed by atoms with E-state index in [1.54, 1.807) is 24.3 Å². The number of urea groups is 1. The summed E-state index contributed by atoms with van der Waals surface area (Å²) in [5.41, 5.74) is 2.97. The van der Waals surface area contributed by atoms with E-state index in [2.05, 4.69) is 25.7 Å². The summed E-state index contributed by atoms with van der Waals surface area (Å²) < 4.78 is 0. The Balaban J connectivity index is 1.43. The van der Waals surface area contributed by atoms with Crippen LogP contribution < -0.4 is 15.5 Å². The van der Waals surface area contributed by atoms with Gasteiger partial charge in [-0.25, -0.2) is 4.79 Å². The Bertz CT molecular complexity index is 1000. The predicted molar refractivity (Wildman–Crippen MR) is 122 cm³/mol. The summed E-state index contributed by atoms with van der Waals surface area (Å²) in [7, 11) is 0. The van der Waals surface area contributed by atoms with Crippen LogP contribution in [0.2, 0.25) is 5.02 Å². The van der Waals surface area contributed by atoms with Gasteiger partial charge in [0.1, 0.15) is 0 Å². The molecular weight excluding hydrogens is 398 g/mol. The highest BCUT2D eigenvalue weighted by molar-refractivity contribution is 6.30. The Hall–Kier alpha value is -3.12. The van der Waals surface area contributed by atoms with E-state index in [0.29, 0.717) is 16.4 Å². The molecule has 6 nitrogen and oxygen atoms in total. The number of hydrogen-bond donors (Lipinski definition) is 2. The number of carbonyl (C=O) groups excluding carboxylic acids is 1. The lowest BCUT2D eigenvalue weighted by molar-refractivity contribution is 0.262. The first kappa shape index (κ1) is 20.2. The molecule has 1 aliphatic heterocycles. The minimum atomic E-state index is -0.336. The summed E-state index contributed by atoms with van der Waals surface area (Å²) in [4.78, 5) is 14.6. The number of hydrogen-bond acceptors (Lipinski definition) is 4. The van der Waals surface area contributed by atoms with E-state index >= 15 is 0 Å². The molecule has 2 N–H and O–H groups in total. The Morgan fingerprint density at radius 3 is 2.20 bits per heavy atom. The van der Waals surface area contributed by atoms with Crippen LogP contribution in [0.4, 0.5) is 22.0 Å². The molecule has 0 aliphatic carbocycles. The van der Waals surface area contributed by atoms with Crippen molar-refractivity contribution in [2.45, 2.75) is 25.7 Å². The van der Waals surface area contributed by atoms with Crippen molar-refractivity contribution in [3.63, 3.8) is 0 Å². The van der Waals surface area contributed by atoms with Gasteiger partial charge in [0.05, 0.1) is 5.69 Å². The van der Waals surface area contributed by atoms with Crippen molar-refractivity contribution in [1.82, 2.24) is 10.2 Å². The Morgan fingerprint density at radius 2 is 1.53 bits per heavy atom. The van der Waals surface area contributed by atoms with E-state index < -0.39 is 0 Å². The Labute approximate surface area is 181 Å². The minimum Gasteiger partial charge on any atom is -0.355 e. The van der Waals surface area contributed by atoms with Gasteiger partial charge in [-0.05, 0) is 55.3 Å². The van der Waals surface area contributed by atoms with Crippen LogP contribution in [0.1, 0.15) is 25.7 Å². The van der Waals surface area contributed by atoms with E-state index in [4.69, 9.17) is 11.6 Å². The molecule has 0 unspecified atom stereocenters. The molecule has 0 spiro atoms. The third kappa shape index (κ3) is 5.27. The van der Waals surface area contributed by atoms with Gasteiger partial charge in [-0.3, -0.25) is 0 Å². The number of rotatable bonds is 4. The summed E-state index contributed by atoms with van der Waals surface area (Å²) in [6.45, 7) is 2.07. The van der Waals surface area contributed by atoms with Gasteiger partial charge >= 0.3 is 6.03 Å². The van der Waals surface area contributed by atoms with Crippen LogP contribution in [0, 0.1) is 0 Å². The minimum absolute atomic E-state index is 0.336. The van der Waals surface area contributed by atoms with Crippen molar-refractivity contribution in [1.29, 1.82) is 0 Å². The van der Waals surface area contributed by atoms with Gasteiger partial charge in [0, 0.05) is 35.1 Å². The van der Waals surface area contributed by atoms with Gasteiger partial charge in [-0.2, -0.15) is 0 Å². The molecule has 154 valence electrons. The lowest BCUT2D eigenvalue weighted by Gasteiger charge is -2.20. The SMILES string of the molecule is O=C(Nc1cccc(Cl)c1)Nc1cccc(-c2ccc(N3CCCCCC3)nn2)c1. The molecule has 2 aromatic carbocycles. The van der Waals surface area contributed by atoms with E-state index in [0.717, 1.165) is 30.2 Å². The molecule has 2 heterocycles. The predicted octanol–water partition coefficient (Wildman–Crippen LogP) is 5.82. The average molecular weight is 422 g/mol. The third-order valence-corrected chi connectivity index (χ3v) is 5.31. The van der Waals surface area contributed by atoms with Crippen LogP contribution in [0.25, 0.3) is 11.3 Å². The first-order valence-electron chi connectivity index (χ1n) is 10.2. The fourth-order valence-electron chi connectivity index (χ4n) is 3.56. The van der Waals surface area contributed by atoms with Crippen LogP contribution in [-0.2, 0) is 0 Å². The smallest absolute Gasteiger partial charge is 0.323 e. The van der Waals surface area contributed by atoms with Gasteiger partial charge in [0.25, 0.3) is 0 Å². The van der Waals surface area contributed by atoms with Gasteiger partial charge in [0.2, 0.25) is 0 Å². The molecule has 1 aromatic heterocycles. The summed E-state index contributed by atoms with van der Waals surface area (Å²) in [5.74, 6) is 0.927. The third-order valence-electron chi connectivity index (χ3n) is 5.08. The fraction of sp³-hybridized carbons (Fsp3) is 0.261. The van der Waals surface area contributed by atoms with E-state index in [9.17, 15) is 4.79 Å². The zero-order chi connectivity index (χ0) is 20.8. The monoisotopic (exact) mass is 421 g/mol. The van der Waals surface area contributed by atoms with E-state index in [1.165, 1.54) is 25.7 Å². The second-order valence-corrected chi connectivity index (χ2v) is 7.78. The van der Waals surface area contributed by atoms with Crippen molar-refractivity contribution in [3.8, 4) is 11.3 Å². The zero-order valence-electron chi connectivity index (χ0n) is 16.6. The molecule has 1 saturated heterocycles. The standard InChI is InChI=1S/C23H24ClN5O/c24-18-8-6-10-20(16-18)26-23(30)25-19-9-5-7-17(15-19)21-11-12-22(28-27-21)29-13-3-1-2-4-14-29/h5-12,15-16H,1-4,13-14H2,(H2,25,26,30). The molecule has 3 aromatic rings. The van der Waals surface area contributed by atoms with Gasteiger partial charge in [-0.15, -0.1) is 10.2 Å². The maximum Gasteiger partial charge on any atom is 0.323 e. The summed E-state index contributed by atoms with van der Waals surface area (Å²) in [6, 6.07) is 18.2. The first-order valence-corrected chi connectivity index (χ1v) is 10.6. The summed E-state index contributed by atoms with van der Waals surface area (Å²) in [6.07, 6.45) is 4.97. The fourth-order valence-corrected chi connectivity index (χ4v) is 3.75. The zero-order valence-corrected chi connectivity index (χ0v) is 17.4. The number of carbonyl (C=O) groups is 1. The maximum atomic E-state index is 12.3. The molecule has 1 aliphatic rings. The highest BCUT2D eigenvalue weighted by Gasteiger charge is 2.12. The van der Waals surface area contributed by atoms with Crippen molar-refractivity contribution in [3.05, 3.63) is 65.7 Å². The maximum absolute atomic E-state index is 12.3. The van der Waals surface area contributed by atoms with Crippen molar-refractivity contribution < 1.29 is 4.79 Å². The topological polar surface area (TPSA) is 70.2 Å². The highest BCUT2D eigenvalue weighted by Crippen LogP contribution is 2.23. The number of anilines is 3. The largest absolute Gasteiger partial charge is 0.355 e. The van der Waals surface area contributed by atoms with Crippen LogP contribution in [0.5, 0.6) is 0 Å². The van der Waals surface area contributed by atoms with Crippen LogP contribution in [-0.4, -0.2) is 29.3 Å². The summed E-state index contributed by atoms with van der Waals surface area (Å²) >= 11 is 5.96. The van der Waals surface area contributed by atoms with Crippen LogP contribution >= 0.6 is 11.6 Å². The number of nitrogens with one attached hydrogen (secondary N) is 2. The number of nitrogens with zero attached hydrogens (tertiary/aromatic N) is 3. The van der Waals surface area contributed by atoms with Crippen LogP contribution in [0.15, 0.2) is 60.7 Å². The number of aromatic nitrogens is 2. The van der Waals surface area contributed by atoms with Crippen molar-refractivity contribution >= 4 is 34.8 Å². The second kappa shape index (κ2) is 9.59. The normalized spacial score (nSPS) is 14.1. The molecule has 0 saturated carbocycles. The highest BCUT2D eigenvalue weighted by atomic mass is 35.5. The summed E-state index contributed by atoms with van der Waals surface area (Å²) in [5, 5.41) is 15.0. The van der Waals surface area contributed by atoms with Gasteiger partial charge in [0.15, 0.2) is 5.82 Å². The molecule has 7 heteroatoms. The lowest BCUT2D eigenvalue weighted by Crippen LogP contribution is -2.25. The molecular formula is C23H24ClN5O. The molecule has 0 radical (unpaired) electrons. The van der Waals surface area contributed by atoms with Gasteiger partial charge < -0.3 is 15.5 Å².